The molecule has 2 aromatic carbocycles. The highest BCUT2D eigenvalue weighted by atomic mass is 79.9. The normalized spacial score (nSPS) is 12.4. The fraction of sp³-hybridized carbons (Fsp3) is 0.250. The molecule has 0 aromatic heterocycles. The standard InChI is InChI=1S/C16H16Br2FN/c1-2-20-16(11-4-3-5-13(17)8-11)10-12-9-14(19)6-7-15(12)18/h3-9,16,20H,2,10H2,1H3. The Bertz CT molecular complexity index is 586. The van der Waals surface area contributed by atoms with Crippen LogP contribution in [0.3, 0.4) is 0 Å². The van der Waals surface area contributed by atoms with E-state index in [4.69, 9.17) is 0 Å². The number of rotatable bonds is 5. The molecule has 1 unspecified atom stereocenters. The predicted molar refractivity (Wildman–Crippen MR) is 88.4 cm³/mol. The van der Waals surface area contributed by atoms with E-state index in [-0.39, 0.29) is 11.9 Å². The van der Waals surface area contributed by atoms with Crippen LogP contribution in [0.4, 0.5) is 4.39 Å². The van der Waals surface area contributed by atoms with Gasteiger partial charge in [-0.2, -0.15) is 0 Å². The van der Waals surface area contributed by atoms with Crippen molar-refractivity contribution in [3.63, 3.8) is 0 Å². The Labute approximate surface area is 135 Å². The summed E-state index contributed by atoms with van der Waals surface area (Å²) in [6.07, 6.45) is 0.739. The Balaban J connectivity index is 2.27. The van der Waals surface area contributed by atoms with E-state index in [2.05, 4.69) is 56.2 Å². The van der Waals surface area contributed by atoms with E-state index >= 15 is 0 Å². The summed E-state index contributed by atoms with van der Waals surface area (Å²) in [6.45, 7) is 2.94. The van der Waals surface area contributed by atoms with E-state index in [1.54, 1.807) is 12.1 Å². The number of likely N-dealkylation sites (N-methyl/N-ethyl adjacent to an activating group) is 1. The Kier molecular flexibility index (Phi) is 5.75. The average molecular weight is 401 g/mol. The monoisotopic (exact) mass is 399 g/mol. The molecule has 0 aliphatic heterocycles. The molecule has 0 heterocycles. The maximum Gasteiger partial charge on any atom is 0.123 e. The number of nitrogens with one attached hydrogen (secondary N) is 1. The van der Waals surface area contributed by atoms with Gasteiger partial charge in [0.1, 0.15) is 5.82 Å². The SMILES string of the molecule is CCNC(Cc1cc(F)ccc1Br)c1cccc(Br)c1. The van der Waals surface area contributed by atoms with Crippen molar-refractivity contribution >= 4 is 31.9 Å². The van der Waals surface area contributed by atoms with E-state index in [9.17, 15) is 4.39 Å². The Morgan fingerprint density at radius 2 is 1.95 bits per heavy atom. The number of benzene rings is 2. The summed E-state index contributed by atoms with van der Waals surface area (Å²) < 4.78 is 15.4. The number of hydrogen-bond donors (Lipinski definition) is 1. The quantitative estimate of drug-likeness (QED) is 0.723. The van der Waals surface area contributed by atoms with E-state index in [0.717, 1.165) is 27.5 Å². The topological polar surface area (TPSA) is 12.0 Å². The van der Waals surface area contributed by atoms with Crippen LogP contribution in [0.25, 0.3) is 0 Å². The third kappa shape index (κ3) is 4.14. The molecule has 0 fully saturated rings. The van der Waals surface area contributed by atoms with E-state index in [0.29, 0.717) is 0 Å². The van der Waals surface area contributed by atoms with Crippen LogP contribution in [0.1, 0.15) is 24.1 Å². The van der Waals surface area contributed by atoms with Gasteiger partial charge in [-0.3, -0.25) is 0 Å². The van der Waals surface area contributed by atoms with Crippen molar-refractivity contribution in [1.29, 1.82) is 0 Å². The first-order chi connectivity index (χ1) is 9.60. The molecular formula is C16H16Br2FN. The molecular weight excluding hydrogens is 385 g/mol. The maximum atomic E-state index is 13.4. The highest BCUT2D eigenvalue weighted by molar-refractivity contribution is 9.10. The van der Waals surface area contributed by atoms with E-state index in [1.807, 2.05) is 12.1 Å². The zero-order valence-corrected chi connectivity index (χ0v) is 14.3. The molecule has 0 bridgehead atoms. The van der Waals surface area contributed by atoms with Gasteiger partial charge < -0.3 is 5.32 Å². The minimum Gasteiger partial charge on any atom is -0.310 e. The van der Waals surface area contributed by atoms with Gasteiger partial charge in [0.25, 0.3) is 0 Å². The molecule has 0 radical (unpaired) electrons. The van der Waals surface area contributed by atoms with Crippen molar-refractivity contribution in [2.75, 3.05) is 6.54 Å². The lowest BCUT2D eigenvalue weighted by Crippen LogP contribution is -2.23. The van der Waals surface area contributed by atoms with Crippen LogP contribution in [0.5, 0.6) is 0 Å². The molecule has 4 heteroatoms. The summed E-state index contributed by atoms with van der Waals surface area (Å²) in [6, 6.07) is 13.2. The first-order valence-corrected chi connectivity index (χ1v) is 8.11. The third-order valence-corrected chi connectivity index (χ3v) is 4.40. The molecule has 1 nitrogen and oxygen atoms in total. The molecule has 20 heavy (non-hydrogen) atoms. The third-order valence-electron chi connectivity index (χ3n) is 3.13. The van der Waals surface area contributed by atoms with Gasteiger partial charge in [-0.05, 0) is 54.4 Å². The molecule has 0 aliphatic rings. The summed E-state index contributed by atoms with van der Waals surface area (Å²) in [5.74, 6) is -0.201. The van der Waals surface area contributed by atoms with E-state index in [1.165, 1.54) is 11.6 Å². The fourth-order valence-electron chi connectivity index (χ4n) is 2.20. The van der Waals surface area contributed by atoms with Crippen LogP contribution >= 0.6 is 31.9 Å². The lowest BCUT2D eigenvalue weighted by atomic mass is 9.99. The zero-order chi connectivity index (χ0) is 14.5. The highest BCUT2D eigenvalue weighted by Crippen LogP contribution is 2.26. The van der Waals surface area contributed by atoms with Gasteiger partial charge in [0, 0.05) is 15.0 Å². The fourth-order valence-corrected chi connectivity index (χ4v) is 3.02. The minimum absolute atomic E-state index is 0.163. The first-order valence-electron chi connectivity index (χ1n) is 6.53. The van der Waals surface area contributed by atoms with Crippen molar-refractivity contribution in [3.8, 4) is 0 Å². The molecule has 0 amide bonds. The summed E-state index contributed by atoms with van der Waals surface area (Å²) in [5, 5.41) is 3.46. The van der Waals surface area contributed by atoms with Crippen LogP contribution in [-0.2, 0) is 6.42 Å². The summed E-state index contributed by atoms with van der Waals surface area (Å²) in [4.78, 5) is 0. The molecule has 0 spiro atoms. The molecule has 106 valence electrons. The molecule has 1 N–H and O–H groups in total. The Morgan fingerprint density at radius 1 is 1.15 bits per heavy atom. The lowest BCUT2D eigenvalue weighted by Gasteiger charge is -2.19. The van der Waals surface area contributed by atoms with Crippen molar-refractivity contribution in [2.45, 2.75) is 19.4 Å². The highest BCUT2D eigenvalue weighted by Gasteiger charge is 2.13. The van der Waals surface area contributed by atoms with Crippen LogP contribution < -0.4 is 5.32 Å². The summed E-state index contributed by atoms with van der Waals surface area (Å²) in [7, 11) is 0. The van der Waals surface area contributed by atoms with Gasteiger partial charge in [0.05, 0.1) is 0 Å². The number of halogens is 3. The minimum atomic E-state index is -0.201. The molecule has 0 aliphatic carbocycles. The van der Waals surface area contributed by atoms with Crippen molar-refractivity contribution in [3.05, 3.63) is 68.4 Å². The van der Waals surface area contributed by atoms with Crippen LogP contribution in [0.2, 0.25) is 0 Å². The van der Waals surface area contributed by atoms with Gasteiger partial charge >= 0.3 is 0 Å². The van der Waals surface area contributed by atoms with Gasteiger partial charge in [-0.25, -0.2) is 4.39 Å². The molecule has 0 saturated heterocycles. The maximum absolute atomic E-state index is 13.4. The molecule has 0 saturated carbocycles. The lowest BCUT2D eigenvalue weighted by molar-refractivity contribution is 0.545. The Hall–Kier alpha value is -0.710. The smallest absolute Gasteiger partial charge is 0.123 e. The second-order valence-electron chi connectivity index (χ2n) is 4.61. The Morgan fingerprint density at radius 3 is 2.65 bits per heavy atom. The number of hydrogen-bond acceptors (Lipinski definition) is 1. The largest absolute Gasteiger partial charge is 0.310 e. The van der Waals surface area contributed by atoms with Crippen LogP contribution in [-0.4, -0.2) is 6.54 Å². The van der Waals surface area contributed by atoms with Crippen LogP contribution in [0, 0.1) is 5.82 Å². The molecule has 2 aromatic rings. The van der Waals surface area contributed by atoms with Gasteiger partial charge in [-0.1, -0.05) is 50.9 Å². The zero-order valence-electron chi connectivity index (χ0n) is 11.2. The average Bonchev–Trinajstić information content (AvgIpc) is 2.42. The second-order valence-corrected chi connectivity index (χ2v) is 6.38. The molecule has 2 rings (SSSR count). The summed E-state index contributed by atoms with van der Waals surface area (Å²) >= 11 is 6.99. The van der Waals surface area contributed by atoms with Gasteiger partial charge in [-0.15, -0.1) is 0 Å². The van der Waals surface area contributed by atoms with Gasteiger partial charge in [0.15, 0.2) is 0 Å². The van der Waals surface area contributed by atoms with Crippen molar-refractivity contribution in [2.24, 2.45) is 0 Å². The second kappa shape index (κ2) is 7.34. The first kappa shape index (κ1) is 15.7. The van der Waals surface area contributed by atoms with Crippen molar-refractivity contribution in [1.82, 2.24) is 5.32 Å². The van der Waals surface area contributed by atoms with Crippen molar-refractivity contribution < 1.29 is 4.39 Å². The molecule has 1 atom stereocenters. The van der Waals surface area contributed by atoms with Crippen LogP contribution in [0.15, 0.2) is 51.4 Å². The predicted octanol–water partition coefficient (Wildman–Crippen LogP) is 5.24. The summed E-state index contributed by atoms with van der Waals surface area (Å²) in [5.41, 5.74) is 2.16. The van der Waals surface area contributed by atoms with E-state index < -0.39 is 0 Å². The van der Waals surface area contributed by atoms with Gasteiger partial charge in [0.2, 0.25) is 0 Å².